The number of hydrogen-bond donors (Lipinski definition) is 2. The molecule has 82 valence electrons. The fourth-order valence-corrected chi connectivity index (χ4v) is 1.92. The Morgan fingerprint density at radius 2 is 2.20 bits per heavy atom. The van der Waals surface area contributed by atoms with Gasteiger partial charge in [0.25, 0.3) is 0 Å². The molecule has 1 aromatic carbocycles. The van der Waals surface area contributed by atoms with Crippen molar-refractivity contribution in [3.8, 4) is 0 Å². The van der Waals surface area contributed by atoms with Crippen LogP contribution in [0.1, 0.15) is 24.5 Å². The van der Waals surface area contributed by atoms with Gasteiger partial charge >= 0.3 is 0 Å². The number of hydrogen-bond acceptors (Lipinski definition) is 2. The van der Waals surface area contributed by atoms with Crippen molar-refractivity contribution in [3.63, 3.8) is 0 Å². The minimum absolute atomic E-state index is 0.737. The molecule has 0 heterocycles. The lowest BCUT2D eigenvalue weighted by Crippen LogP contribution is -2.31. The lowest BCUT2D eigenvalue weighted by Gasteiger charge is -2.07. The van der Waals surface area contributed by atoms with E-state index >= 15 is 0 Å². The van der Waals surface area contributed by atoms with Crippen LogP contribution < -0.4 is 11.3 Å². The summed E-state index contributed by atoms with van der Waals surface area (Å²) in [5.74, 6) is 6.19. The number of nitrogens with zero attached hydrogens (tertiary/aromatic N) is 1. The Labute approximate surface area is 98.9 Å². The number of amidine groups is 1. The van der Waals surface area contributed by atoms with Gasteiger partial charge < -0.3 is 5.43 Å². The number of nitrogens with one attached hydrogen (secondary N) is 1. The summed E-state index contributed by atoms with van der Waals surface area (Å²) < 4.78 is 1.04. The summed E-state index contributed by atoms with van der Waals surface area (Å²) in [6.45, 7) is 4.91. The van der Waals surface area contributed by atoms with Crippen LogP contribution in [-0.2, 0) is 0 Å². The number of aliphatic imine (C=N–C) groups is 1. The second kappa shape index (κ2) is 5.88. The molecule has 15 heavy (non-hydrogen) atoms. The molecule has 3 N–H and O–H groups in total. The first-order chi connectivity index (χ1) is 7.17. The third-order valence-electron chi connectivity index (χ3n) is 1.95. The molecule has 1 aromatic rings. The van der Waals surface area contributed by atoms with E-state index in [0.29, 0.717) is 0 Å². The second-order valence-electron chi connectivity index (χ2n) is 3.39. The van der Waals surface area contributed by atoms with Crippen LogP contribution in [0.25, 0.3) is 0 Å². The Kier molecular flexibility index (Phi) is 4.78. The van der Waals surface area contributed by atoms with E-state index in [0.717, 1.165) is 28.8 Å². The summed E-state index contributed by atoms with van der Waals surface area (Å²) in [6, 6.07) is 6.11. The van der Waals surface area contributed by atoms with E-state index in [1.165, 1.54) is 5.56 Å². The molecule has 0 saturated carbocycles. The summed E-state index contributed by atoms with van der Waals surface area (Å²) >= 11 is 3.46. The van der Waals surface area contributed by atoms with Gasteiger partial charge in [-0.1, -0.05) is 22.9 Å². The maximum absolute atomic E-state index is 5.45. The molecule has 0 aromatic heterocycles. The maximum Gasteiger partial charge on any atom is 0.142 e. The molecule has 0 atom stereocenters. The molecule has 0 aliphatic carbocycles. The molecule has 0 bridgehead atoms. The summed E-state index contributed by atoms with van der Waals surface area (Å²) in [6.07, 6.45) is 1.01. The molecule has 3 nitrogen and oxygen atoms in total. The highest BCUT2D eigenvalue weighted by Crippen LogP contribution is 2.15. The molecule has 4 heteroatoms. The summed E-state index contributed by atoms with van der Waals surface area (Å²) in [4.78, 5) is 4.37. The largest absolute Gasteiger partial charge is 0.308 e. The predicted octanol–water partition coefficient (Wildman–Crippen LogP) is 2.38. The first kappa shape index (κ1) is 12.2. The Bertz CT molecular complexity index is 341. The lowest BCUT2D eigenvalue weighted by atomic mass is 10.1. The van der Waals surface area contributed by atoms with Crippen molar-refractivity contribution in [2.24, 2.45) is 10.8 Å². The first-order valence-corrected chi connectivity index (χ1v) is 5.75. The van der Waals surface area contributed by atoms with Crippen molar-refractivity contribution < 1.29 is 0 Å². The van der Waals surface area contributed by atoms with Gasteiger partial charge in [-0.25, -0.2) is 5.84 Å². The maximum atomic E-state index is 5.45. The molecular formula is C11H16BrN3. The Balaban J connectivity index is 3.01. The number of hydrazine groups is 1. The van der Waals surface area contributed by atoms with Gasteiger partial charge in [0.1, 0.15) is 5.84 Å². The zero-order valence-electron chi connectivity index (χ0n) is 9.05. The van der Waals surface area contributed by atoms with E-state index < -0.39 is 0 Å². The molecule has 0 radical (unpaired) electrons. The van der Waals surface area contributed by atoms with E-state index in [9.17, 15) is 0 Å². The fourth-order valence-electron chi connectivity index (χ4n) is 1.32. The van der Waals surface area contributed by atoms with Gasteiger partial charge in [-0.15, -0.1) is 0 Å². The van der Waals surface area contributed by atoms with Crippen LogP contribution >= 0.6 is 15.9 Å². The molecule has 0 aliphatic heterocycles. The molecule has 0 amide bonds. The molecule has 0 unspecified atom stereocenters. The van der Waals surface area contributed by atoms with Crippen molar-refractivity contribution in [1.82, 2.24) is 5.43 Å². The number of halogens is 1. The molecular weight excluding hydrogens is 254 g/mol. The van der Waals surface area contributed by atoms with Crippen molar-refractivity contribution in [3.05, 3.63) is 33.8 Å². The number of rotatable bonds is 3. The van der Waals surface area contributed by atoms with Crippen molar-refractivity contribution in [1.29, 1.82) is 0 Å². The fraction of sp³-hybridized carbons (Fsp3) is 0.364. The van der Waals surface area contributed by atoms with Gasteiger partial charge in [0.15, 0.2) is 0 Å². The molecule has 0 spiro atoms. The molecule has 0 fully saturated rings. The highest BCUT2D eigenvalue weighted by Gasteiger charge is 2.02. The second-order valence-corrected chi connectivity index (χ2v) is 4.31. The normalized spacial score (nSPS) is 11.6. The summed E-state index contributed by atoms with van der Waals surface area (Å²) in [5.41, 5.74) is 4.83. The average Bonchev–Trinajstić information content (AvgIpc) is 2.17. The van der Waals surface area contributed by atoms with Gasteiger partial charge in [-0.2, -0.15) is 0 Å². The van der Waals surface area contributed by atoms with Gasteiger partial charge in [0.05, 0.1) is 0 Å². The molecule has 1 rings (SSSR count). The van der Waals surface area contributed by atoms with E-state index in [4.69, 9.17) is 5.84 Å². The monoisotopic (exact) mass is 269 g/mol. The minimum Gasteiger partial charge on any atom is -0.308 e. The standard InChI is InChI=1S/C11H16BrN3/c1-3-4-14-11(15-13)9-5-8(2)6-10(12)7-9/h5-7H,3-4,13H2,1-2H3,(H,14,15). The van der Waals surface area contributed by atoms with Crippen molar-refractivity contribution >= 4 is 21.8 Å². The number of nitrogens with two attached hydrogens (primary N) is 1. The van der Waals surface area contributed by atoms with Crippen LogP contribution in [0.2, 0.25) is 0 Å². The predicted molar refractivity (Wildman–Crippen MR) is 67.9 cm³/mol. The molecule has 0 aliphatic rings. The van der Waals surface area contributed by atoms with E-state index in [-0.39, 0.29) is 0 Å². The number of benzene rings is 1. The third kappa shape index (κ3) is 3.64. The Hall–Kier alpha value is -0.870. The zero-order chi connectivity index (χ0) is 11.3. The third-order valence-corrected chi connectivity index (χ3v) is 2.40. The SMILES string of the molecule is CCCN=C(NN)c1cc(C)cc(Br)c1. The van der Waals surface area contributed by atoms with Crippen molar-refractivity contribution in [2.45, 2.75) is 20.3 Å². The van der Waals surface area contributed by atoms with Crippen LogP contribution in [0.4, 0.5) is 0 Å². The Morgan fingerprint density at radius 1 is 1.47 bits per heavy atom. The zero-order valence-corrected chi connectivity index (χ0v) is 10.6. The highest BCUT2D eigenvalue weighted by atomic mass is 79.9. The van der Waals surface area contributed by atoms with Gasteiger partial charge in [-0.05, 0) is 37.1 Å². The van der Waals surface area contributed by atoms with E-state index in [1.807, 2.05) is 13.0 Å². The molecule has 0 saturated heterocycles. The summed E-state index contributed by atoms with van der Waals surface area (Å²) in [5, 5.41) is 0. The topological polar surface area (TPSA) is 50.4 Å². The minimum atomic E-state index is 0.737. The van der Waals surface area contributed by atoms with Gasteiger partial charge in [0.2, 0.25) is 0 Å². The average molecular weight is 270 g/mol. The van der Waals surface area contributed by atoms with Gasteiger partial charge in [-0.3, -0.25) is 4.99 Å². The van der Waals surface area contributed by atoms with Crippen LogP contribution in [0.5, 0.6) is 0 Å². The van der Waals surface area contributed by atoms with Crippen LogP contribution in [0.15, 0.2) is 27.7 Å². The van der Waals surface area contributed by atoms with Crippen molar-refractivity contribution in [2.75, 3.05) is 6.54 Å². The van der Waals surface area contributed by atoms with Crippen LogP contribution in [0.3, 0.4) is 0 Å². The number of aryl methyl sites for hydroxylation is 1. The van der Waals surface area contributed by atoms with Gasteiger partial charge in [0, 0.05) is 16.6 Å². The quantitative estimate of drug-likeness (QED) is 0.383. The highest BCUT2D eigenvalue weighted by molar-refractivity contribution is 9.10. The smallest absolute Gasteiger partial charge is 0.142 e. The Morgan fingerprint density at radius 3 is 2.73 bits per heavy atom. The van der Waals surface area contributed by atoms with Crippen LogP contribution in [0, 0.1) is 6.92 Å². The lowest BCUT2D eigenvalue weighted by molar-refractivity contribution is 0.907. The van der Waals surface area contributed by atoms with E-state index in [2.05, 4.69) is 45.4 Å². The van der Waals surface area contributed by atoms with Crippen LogP contribution in [-0.4, -0.2) is 12.4 Å². The first-order valence-electron chi connectivity index (χ1n) is 4.96. The van der Waals surface area contributed by atoms with E-state index in [1.54, 1.807) is 0 Å². The summed E-state index contributed by atoms with van der Waals surface area (Å²) in [7, 11) is 0.